The van der Waals surface area contributed by atoms with E-state index < -0.39 is 0 Å². The number of hydrogen-bond donors (Lipinski definition) is 3. The summed E-state index contributed by atoms with van der Waals surface area (Å²) < 4.78 is 5.43. The standard InChI is InChI=1S/C28H22N4O3/c1-35-25-9-5-4-8-22(25)24-16-26(30-17-29-24)31-19-11-13-20(14-12-19)32-28(34)23-15-10-18-6-2-3-7-21(18)27(23)33/h2-17,33H,1H3,(H,32,34)(H,29,30,31). The summed E-state index contributed by atoms with van der Waals surface area (Å²) in [5.74, 6) is 0.938. The summed E-state index contributed by atoms with van der Waals surface area (Å²) in [4.78, 5) is 21.4. The number of anilines is 3. The number of nitrogens with zero attached hydrogens (tertiary/aromatic N) is 2. The first-order valence-corrected chi connectivity index (χ1v) is 11.0. The van der Waals surface area contributed by atoms with Gasteiger partial charge in [0.2, 0.25) is 0 Å². The summed E-state index contributed by atoms with van der Waals surface area (Å²) >= 11 is 0. The third kappa shape index (κ3) is 4.60. The van der Waals surface area contributed by atoms with Crippen molar-refractivity contribution in [2.45, 2.75) is 0 Å². The molecule has 7 nitrogen and oxygen atoms in total. The Hall–Kier alpha value is -4.91. The van der Waals surface area contributed by atoms with Crippen LogP contribution in [0, 0.1) is 0 Å². The molecule has 0 atom stereocenters. The summed E-state index contributed by atoms with van der Waals surface area (Å²) in [5, 5.41) is 18.1. The van der Waals surface area contributed by atoms with Crippen molar-refractivity contribution in [1.82, 2.24) is 9.97 Å². The van der Waals surface area contributed by atoms with Gasteiger partial charge in [0.15, 0.2) is 0 Å². The van der Waals surface area contributed by atoms with Gasteiger partial charge in [0.25, 0.3) is 5.91 Å². The first-order valence-electron chi connectivity index (χ1n) is 11.0. The van der Waals surface area contributed by atoms with E-state index in [1.54, 1.807) is 31.4 Å². The third-order valence-electron chi connectivity index (χ3n) is 5.61. The largest absolute Gasteiger partial charge is 0.506 e. The molecule has 1 amide bonds. The quantitative estimate of drug-likeness (QED) is 0.286. The molecule has 0 radical (unpaired) electrons. The second-order valence-electron chi connectivity index (χ2n) is 7.83. The lowest BCUT2D eigenvalue weighted by molar-refractivity contribution is 0.102. The minimum atomic E-state index is -0.383. The zero-order valence-corrected chi connectivity index (χ0v) is 18.9. The number of aromatic nitrogens is 2. The van der Waals surface area contributed by atoms with Crippen LogP contribution in [0.3, 0.4) is 0 Å². The topological polar surface area (TPSA) is 96.4 Å². The molecule has 0 aliphatic carbocycles. The Morgan fingerprint density at radius 1 is 0.857 bits per heavy atom. The van der Waals surface area contributed by atoms with Crippen LogP contribution in [0.25, 0.3) is 22.0 Å². The summed E-state index contributed by atoms with van der Waals surface area (Å²) in [7, 11) is 1.63. The molecule has 7 heteroatoms. The number of benzene rings is 4. The SMILES string of the molecule is COc1ccccc1-c1cc(Nc2ccc(NC(=O)c3ccc4ccccc4c3O)cc2)ncn1. The number of hydrogen-bond acceptors (Lipinski definition) is 6. The van der Waals surface area contributed by atoms with Crippen LogP contribution in [-0.4, -0.2) is 28.1 Å². The van der Waals surface area contributed by atoms with Crippen molar-refractivity contribution in [3.05, 3.63) is 103 Å². The van der Waals surface area contributed by atoms with E-state index >= 15 is 0 Å². The Bertz CT molecular complexity index is 1520. The Morgan fingerprint density at radius 2 is 1.60 bits per heavy atom. The van der Waals surface area contributed by atoms with E-state index in [2.05, 4.69) is 20.6 Å². The number of para-hydroxylation sites is 1. The number of carbonyl (C=O) groups is 1. The summed E-state index contributed by atoms with van der Waals surface area (Å²) in [5.41, 5.74) is 3.22. The molecule has 3 N–H and O–H groups in total. The van der Waals surface area contributed by atoms with Gasteiger partial charge in [0.1, 0.15) is 23.6 Å². The molecule has 0 aliphatic heterocycles. The van der Waals surface area contributed by atoms with Crippen molar-refractivity contribution in [3.8, 4) is 22.8 Å². The lowest BCUT2D eigenvalue weighted by Crippen LogP contribution is -2.12. The van der Waals surface area contributed by atoms with E-state index in [1.807, 2.05) is 66.7 Å². The Labute approximate surface area is 202 Å². The highest BCUT2D eigenvalue weighted by atomic mass is 16.5. The summed E-state index contributed by atoms with van der Waals surface area (Å²) in [6, 6.07) is 27.6. The Morgan fingerprint density at radius 3 is 2.43 bits per heavy atom. The second-order valence-corrected chi connectivity index (χ2v) is 7.83. The predicted octanol–water partition coefficient (Wildman–Crippen LogP) is 6.01. The number of amides is 1. The van der Waals surface area contributed by atoms with Gasteiger partial charge in [0.05, 0.1) is 18.4 Å². The molecule has 1 aromatic heterocycles. The van der Waals surface area contributed by atoms with Gasteiger partial charge in [-0.1, -0.05) is 42.5 Å². The molecule has 0 aliphatic rings. The van der Waals surface area contributed by atoms with Gasteiger partial charge < -0.3 is 20.5 Å². The smallest absolute Gasteiger partial charge is 0.259 e. The van der Waals surface area contributed by atoms with Crippen LogP contribution in [0.2, 0.25) is 0 Å². The number of fused-ring (bicyclic) bond motifs is 1. The number of phenols is 1. The number of ether oxygens (including phenoxy) is 1. The predicted molar refractivity (Wildman–Crippen MR) is 137 cm³/mol. The molecular weight excluding hydrogens is 440 g/mol. The monoisotopic (exact) mass is 462 g/mol. The first kappa shape index (κ1) is 21.9. The number of rotatable bonds is 6. The first-order chi connectivity index (χ1) is 17.1. The van der Waals surface area contributed by atoms with Crippen molar-refractivity contribution in [3.63, 3.8) is 0 Å². The zero-order chi connectivity index (χ0) is 24.2. The van der Waals surface area contributed by atoms with Crippen LogP contribution in [-0.2, 0) is 0 Å². The van der Waals surface area contributed by atoms with Crippen molar-refractivity contribution < 1.29 is 14.6 Å². The molecule has 5 aromatic rings. The molecule has 0 spiro atoms. The maximum Gasteiger partial charge on any atom is 0.259 e. The molecule has 172 valence electrons. The highest BCUT2D eigenvalue weighted by molar-refractivity contribution is 6.09. The number of methoxy groups -OCH3 is 1. The van der Waals surface area contributed by atoms with Crippen molar-refractivity contribution in [2.24, 2.45) is 0 Å². The highest BCUT2D eigenvalue weighted by Gasteiger charge is 2.14. The van der Waals surface area contributed by atoms with E-state index in [0.717, 1.165) is 28.1 Å². The summed E-state index contributed by atoms with van der Waals surface area (Å²) in [6.45, 7) is 0. The van der Waals surface area contributed by atoms with Crippen LogP contribution in [0.4, 0.5) is 17.2 Å². The number of aromatic hydroxyl groups is 1. The fourth-order valence-electron chi connectivity index (χ4n) is 3.85. The van der Waals surface area contributed by atoms with Gasteiger partial charge in [-0.25, -0.2) is 9.97 Å². The fourth-order valence-corrected chi connectivity index (χ4v) is 3.85. The van der Waals surface area contributed by atoms with E-state index in [4.69, 9.17) is 4.74 Å². The van der Waals surface area contributed by atoms with Crippen LogP contribution >= 0.6 is 0 Å². The van der Waals surface area contributed by atoms with Gasteiger partial charge in [-0.15, -0.1) is 0 Å². The van der Waals surface area contributed by atoms with Gasteiger partial charge in [-0.2, -0.15) is 0 Å². The third-order valence-corrected chi connectivity index (χ3v) is 5.61. The van der Waals surface area contributed by atoms with Gasteiger partial charge in [0, 0.05) is 28.4 Å². The molecule has 1 heterocycles. The van der Waals surface area contributed by atoms with Gasteiger partial charge in [-0.3, -0.25) is 4.79 Å². The second kappa shape index (κ2) is 9.52. The normalized spacial score (nSPS) is 10.7. The van der Waals surface area contributed by atoms with Crippen LogP contribution < -0.4 is 15.4 Å². The van der Waals surface area contributed by atoms with Crippen molar-refractivity contribution in [2.75, 3.05) is 17.7 Å². The molecule has 0 unspecified atom stereocenters. The number of phenolic OH excluding ortho intramolecular Hbond substituents is 1. The number of nitrogens with one attached hydrogen (secondary N) is 2. The van der Waals surface area contributed by atoms with Crippen LogP contribution in [0.15, 0.2) is 97.3 Å². The zero-order valence-electron chi connectivity index (χ0n) is 18.9. The van der Waals surface area contributed by atoms with E-state index in [0.29, 0.717) is 16.9 Å². The molecule has 35 heavy (non-hydrogen) atoms. The van der Waals surface area contributed by atoms with Gasteiger partial charge in [-0.05, 0) is 47.9 Å². The Balaban J connectivity index is 1.30. The number of carbonyl (C=O) groups excluding carboxylic acids is 1. The van der Waals surface area contributed by atoms with E-state index in [-0.39, 0.29) is 17.2 Å². The highest BCUT2D eigenvalue weighted by Crippen LogP contribution is 2.31. The minimum Gasteiger partial charge on any atom is -0.506 e. The fraction of sp³-hybridized carbons (Fsp3) is 0.0357. The lowest BCUT2D eigenvalue weighted by Gasteiger charge is -2.11. The van der Waals surface area contributed by atoms with Crippen molar-refractivity contribution >= 4 is 33.9 Å². The Kier molecular flexibility index (Phi) is 5.96. The van der Waals surface area contributed by atoms with E-state index in [1.165, 1.54) is 6.33 Å². The maximum absolute atomic E-state index is 12.8. The molecular formula is C28H22N4O3. The molecule has 0 saturated heterocycles. The molecule has 4 aromatic carbocycles. The molecule has 0 fully saturated rings. The lowest BCUT2D eigenvalue weighted by atomic mass is 10.0. The maximum atomic E-state index is 12.8. The van der Waals surface area contributed by atoms with Crippen molar-refractivity contribution in [1.29, 1.82) is 0 Å². The molecule has 0 bridgehead atoms. The van der Waals surface area contributed by atoms with Crippen LogP contribution in [0.5, 0.6) is 11.5 Å². The molecule has 5 rings (SSSR count). The average molecular weight is 463 g/mol. The molecule has 0 saturated carbocycles. The van der Waals surface area contributed by atoms with Crippen LogP contribution in [0.1, 0.15) is 10.4 Å². The van der Waals surface area contributed by atoms with Gasteiger partial charge >= 0.3 is 0 Å². The average Bonchev–Trinajstić information content (AvgIpc) is 2.90. The summed E-state index contributed by atoms with van der Waals surface area (Å²) in [6.07, 6.45) is 1.49. The van der Waals surface area contributed by atoms with E-state index in [9.17, 15) is 9.90 Å². The minimum absolute atomic E-state index is 0.0338.